The highest BCUT2D eigenvalue weighted by Crippen LogP contribution is 2.35. The maximum absolute atomic E-state index is 13.2. The summed E-state index contributed by atoms with van der Waals surface area (Å²) in [6.07, 6.45) is 1.49. The van der Waals surface area contributed by atoms with Gasteiger partial charge in [-0.3, -0.25) is 4.79 Å². The van der Waals surface area contributed by atoms with E-state index in [1.54, 1.807) is 11.8 Å². The molecule has 0 unspecified atom stereocenters. The summed E-state index contributed by atoms with van der Waals surface area (Å²) in [4.78, 5) is 33.1. The van der Waals surface area contributed by atoms with E-state index in [1.165, 1.54) is 6.92 Å². The molecule has 0 bridgehead atoms. The lowest BCUT2D eigenvalue weighted by atomic mass is 9.99. The molecule has 0 aliphatic rings. The van der Waals surface area contributed by atoms with Crippen LogP contribution in [0.2, 0.25) is 5.02 Å². The molecule has 226 valence electrons. The van der Waals surface area contributed by atoms with E-state index in [4.69, 9.17) is 16.4 Å². The van der Waals surface area contributed by atoms with Crippen molar-refractivity contribution in [3.8, 4) is 0 Å². The van der Waals surface area contributed by atoms with E-state index in [2.05, 4.69) is 10.1 Å². The van der Waals surface area contributed by atoms with Crippen LogP contribution in [0.3, 0.4) is 0 Å². The number of halogens is 1. The molecule has 5 nitrogen and oxygen atoms in total. The second-order valence-electron chi connectivity index (χ2n) is 10.4. The number of ketones is 1. The Bertz CT molecular complexity index is 1770. The zero-order valence-corrected chi connectivity index (χ0v) is 26.7. The molecule has 0 aliphatic heterocycles. The number of oxime groups is 1. The second kappa shape index (κ2) is 15.4. The number of rotatable bonds is 12. The van der Waals surface area contributed by atoms with Crippen LogP contribution in [0.5, 0.6) is 0 Å². The number of para-hydroxylation sites is 1. The highest BCUT2D eigenvalue weighted by molar-refractivity contribution is 7.99. The zero-order valence-electron chi connectivity index (χ0n) is 25.2. The van der Waals surface area contributed by atoms with Crippen LogP contribution in [-0.2, 0) is 9.63 Å². The number of carbonyl (C=O) groups is 2. The molecule has 5 rings (SSSR count). The van der Waals surface area contributed by atoms with Gasteiger partial charge in [0.05, 0.1) is 5.71 Å². The SMILES string of the molecule is CC(=O)ON=C(CCCSc1ccc(Cl)cc1)c1ccc(N(c2ccccc2)c2ccc(C(=O)c3ccccc3C)cc2)cc1. The van der Waals surface area contributed by atoms with Crippen LogP contribution in [0, 0.1) is 6.92 Å². The number of nitrogens with zero attached hydrogens (tertiary/aromatic N) is 2. The van der Waals surface area contributed by atoms with Gasteiger partial charge in [0.1, 0.15) is 0 Å². The predicted molar refractivity (Wildman–Crippen MR) is 185 cm³/mol. The minimum atomic E-state index is -0.459. The average molecular weight is 633 g/mol. The van der Waals surface area contributed by atoms with Gasteiger partial charge in [-0.1, -0.05) is 71.4 Å². The van der Waals surface area contributed by atoms with Crippen molar-refractivity contribution in [1.82, 2.24) is 0 Å². The fourth-order valence-corrected chi connectivity index (χ4v) is 5.87. The van der Waals surface area contributed by atoms with E-state index in [-0.39, 0.29) is 5.78 Å². The third kappa shape index (κ3) is 8.50. The van der Waals surface area contributed by atoms with E-state index in [9.17, 15) is 9.59 Å². The van der Waals surface area contributed by atoms with Crippen LogP contribution >= 0.6 is 23.4 Å². The molecule has 0 radical (unpaired) electrons. The second-order valence-corrected chi connectivity index (χ2v) is 12.0. The molecule has 0 amide bonds. The van der Waals surface area contributed by atoms with Crippen molar-refractivity contribution < 1.29 is 14.4 Å². The molecule has 0 heterocycles. The first kappa shape index (κ1) is 31.8. The number of hydrogen-bond donors (Lipinski definition) is 0. The third-order valence-corrected chi connectivity index (χ3v) is 8.53. The van der Waals surface area contributed by atoms with Gasteiger partial charge in [0.2, 0.25) is 0 Å². The third-order valence-electron chi connectivity index (χ3n) is 7.18. The minimum absolute atomic E-state index is 0.00132. The Morgan fingerprint density at radius 3 is 1.93 bits per heavy atom. The summed E-state index contributed by atoms with van der Waals surface area (Å²) in [6.45, 7) is 3.29. The number of benzene rings is 5. The topological polar surface area (TPSA) is 59.0 Å². The van der Waals surface area contributed by atoms with Crippen molar-refractivity contribution in [3.63, 3.8) is 0 Å². The summed E-state index contributed by atoms with van der Waals surface area (Å²) >= 11 is 7.75. The van der Waals surface area contributed by atoms with Gasteiger partial charge >= 0.3 is 5.97 Å². The summed E-state index contributed by atoms with van der Waals surface area (Å²) in [7, 11) is 0. The summed E-state index contributed by atoms with van der Waals surface area (Å²) in [5.74, 6) is 0.420. The fraction of sp³-hybridized carbons (Fsp3) is 0.132. The molecule has 0 aromatic heterocycles. The largest absolute Gasteiger partial charge is 0.331 e. The first-order valence-electron chi connectivity index (χ1n) is 14.7. The average Bonchev–Trinajstić information content (AvgIpc) is 3.06. The summed E-state index contributed by atoms with van der Waals surface area (Å²) < 4.78 is 0. The summed E-state index contributed by atoms with van der Waals surface area (Å²) in [6, 6.07) is 41.2. The van der Waals surface area contributed by atoms with Gasteiger partial charge in [-0.15, -0.1) is 11.8 Å². The smallest absolute Gasteiger partial charge is 0.318 e. The van der Waals surface area contributed by atoms with Gasteiger partial charge in [0.25, 0.3) is 0 Å². The lowest BCUT2D eigenvalue weighted by Crippen LogP contribution is -2.11. The first-order valence-corrected chi connectivity index (χ1v) is 16.0. The molecule has 0 saturated heterocycles. The lowest BCUT2D eigenvalue weighted by Gasteiger charge is -2.26. The molecular formula is C38H33ClN2O3S. The van der Waals surface area contributed by atoms with Gasteiger partial charge in [-0.25, -0.2) is 4.79 Å². The van der Waals surface area contributed by atoms with E-state index >= 15 is 0 Å². The highest BCUT2D eigenvalue weighted by atomic mass is 35.5. The Morgan fingerprint density at radius 1 is 0.733 bits per heavy atom. The van der Waals surface area contributed by atoms with Gasteiger partial charge in [0.15, 0.2) is 5.78 Å². The highest BCUT2D eigenvalue weighted by Gasteiger charge is 2.16. The van der Waals surface area contributed by atoms with Crippen molar-refractivity contribution in [3.05, 3.63) is 155 Å². The Labute approximate surface area is 273 Å². The van der Waals surface area contributed by atoms with Crippen molar-refractivity contribution in [2.75, 3.05) is 10.7 Å². The molecule has 0 N–H and O–H groups in total. The van der Waals surface area contributed by atoms with Crippen molar-refractivity contribution in [2.24, 2.45) is 5.16 Å². The van der Waals surface area contributed by atoms with E-state index in [1.807, 2.05) is 134 Å². The van der Waals surface area contributed by atoms with Gasteiger partial charge in [-0.2, -0.15) is 0 Å². The molecule has 5 aromatic carbocycles. The Hall–Kier alpha value is -4.65. The van der Waals surface area contributed by atoms with E-state index in [0.717, 1.165) is 50.3 Å². The monoisotopic (exact) mass is 632 g/mol. The van der Waals surface area contributed by atoms with Gasteiger partial charge in [-0.05, 0) is 109 Å². The number of anilines is 3. The maximum Gasteiger partial charge on any atom is 0.331 e. The number of carbonyl (C=O) groups excluding carboxylic acids is 2. The van der Waals surface area contributed by atoms with Crippen LogP contribution in [0.4, 0.5) is 17.1 Å². The van der Waals surface area contributed by atoms with Crippen molar-refractivity contribution in [2.45, 2.75) is 31.6 Å². The number of thioether (sulfide) groups is 1. The van der Waals surface area contributed by atoms with Crippen LogP contribution in [0.15, 0.2) is 137 Å². The number of hydrogen-bond acceptors (Lipinski definition) is 6. The molecule has 0 spiro atoms. The van der Waals surface area contributed by atoms with Crippen LogP contribution in [0.25, 0.3) is 0 Å². The molecule has 0 atom stereocenters. The minimum Gasteiger partial charge on any atom is -0.318 e. The molecule has 45 heavy (non-hydrogen) atoms. The quantitative estimate of drug-likeness (QED) is 0.0342. The predicted octanol–water partition coefficient (Wildman–Crippen LogP) is 10.2. The Morgan fingerprint density at radius 2 is 1.31 bits per heavy atom. The van der Waals surface area contributed by atoms with Gasteiger partial charge in [0, 0.05) is 45.0 Å². The zero-order chi connectivity index (χ0) is 31.6. The molecule has 7 heteroatoms. The molecule has 5 aromatic rings. The normalized spacial score (nSPS) is 11.2. The molecular weight excluding hydrogens is 600 g/mol. The molecule has 0 fully saturated rings. The summed E-state index contributed by atoms with van der Waals surface area (Å²) in [5.41, 5.74) is 6.72. The summed E-state index contributed by atoms with van der Waals surface area (Å²) in [5, 5.41) is 4.91. The van der Waals surface area contributed by atoms with Crippen LogP contribution in [-0.4, -0.2) is 23.2 Å². The van der Waals surface area contributed by atoms with Gasteiger partial charge < -0.3 is 9.74 Å². The standard InChI is InChI=1S/C38H33ClN2O3S/c1-27-9-6-7-12-36(27)38(43)30-16-22-34(23-17-30)41(32-10-4-3-5-11-32)33-20-14-29(15-21-33)37(40-44-28(2)42)13-8-26-45-35-24-18-31(39)19-25-35/h3-7,9-12,14-25H,8,13,26H2,1-2H3. The van der Waals surface area contributed by atoms with E-state index < -0.39 is 5.97 Å². The lowest BCUT2D eigenvalue weighted by molar-refractivity contribution is -0.140. The van der Waals surface area contributed by atoms with Crippen LogP contribution in [0.1, 0.15) is 46.8 Å². The van der Waals surface area contributed by atoms with Crippen LogP contribution < -0.4 is 4.90 Å². The Kier molecular flexibility index (Phi) is 10.9. The van der Waals surface area contributed by atoms with Crippen molar-refractivity contribution >= 4 is 57.9 Å². The number of aryl methyl sites for hydroxylation is 1. The fourth-order valence-electron chi connectivity index (χ4n) is 4.89. The molecule has 0 saturated carbocycles. The van der Waals surface area contributed by atoms with Crippen molar-refractivity contribution in [1.29, 1.82) is 0 Å². The van der Waals surface area contributed by atoms with E-state index in [0.29, 0.717) is 23.3 Å². The maximum atomic E-state index is 13.2. The Balaban J connectivity index is 1.36. The first-order chi connectivity index (χ1) is 21.9. The molecule has 0 aliphatic carbocycles.